The molecule has 1 aromatic heterocycles. The van der Waals surface area contributed by atoms with Gasteiger partial charge in [-0.15, -0.1) is 0 Å². The topological polar surface area (TPSA) is 63.6 Å². The summed E-state index contributed by atoms with van der Waals surface area (Å²) in [6.45, 7) is 1.21. The van der Waals surface area contributed by atoms with Gasteiger partial charge in [-0.05, 0) is 17.7 Å². The highest BCUT2D eigenvalue weighted by Crippen LogP contribution is 2.29. The number of ether oxygens (including phenoxy) is 2. The fourth-order valence-electron chi connectivity index (χ4n) is 1.89. The van der Waals surface area contributed by atoms with Gasteiger partial charge in [0.1, 0.15) is 0 Å². The second kappa shape index (κ2) is 6.77. The second-order valence-corrected chi connectivity index (χ2v) is 4.28. The maximum absolute atomic E-state index is 9.97. The minimum absolute atomic E-state index is 0.176. The number of phenols is 1. The van der Waals surface area contributed by atoms with Crippen molar-refractivity contribution in [2.75, 3.05) is 14.2 Å². The molecule has 0 radical (unpaired) electrons. The lowest BCUT2D eigenvalue weighted by Gasteiger charge is -2.10. The van der Waals surface area contributed by atoms with Crippen LogP contribution in [0.25, 0.3) is 0 Å². The predicted molar refractivity (Wildman–Crippen MR) is 76.0 cm³/mol. The van der Waals surface area contributed by atoms with E-state index < -0.39 is 0 Å². The van der Waals surface area contributed by atoms with E-state index in [2.05, 4.69) is 10.3 Å². The standard InChI is InChI=1S/C15H18N2O3/c1-19-13-5-3-4-12(15(13)18)10-16-9-11-6-7-17-14(8-11)20-2/h3-8,16,18H,9-10H2,1-2H3. The molecule has 0 aliphatic heterocycles. The molecule has 0 unspecified atom stereocenters. The molecule has 2 N–H and O–H groups in total. The Morgan fingerprint density at radius 2 is 2.00 bits per heavy atom. The fraction of sp³-hybridized carbons (Fsp3) is 0.267. The Morgan fingerprint density at radius 1 is 1.15 bits per heavy atom. The Kier molecular flexibility index (Phi) is 4.79. The Hall–Kier alpha value is -2.27. The number of pyridine rings is 1. The molecule has 1 aromatic carbocycles. The highest BCUT2D eigenvalue weighted by Gasteiger charge is 2.06. The first kappa shape index (κ1) is 14.1. The van der Waals surface area contributed by atoms with Gasteiger partial charge in [0, 0.05) is 30.9 Å². The van der Waals surface area contributed by atoms with Crippen molar-refractivity contribution < 1.29 is 14.6 Å². The van der Waals surface area contributed by atoms with Crippen LogP contribution in [-0.2, 0) is 13.1 Å². The van der Waals surface area contributed by atoms with E-state index in [9.17, 15) is 5.11 Å². The third kappa shape index (κ3) is 3.39. The van der Waals surface area contributed by atoms with E-state index in [-0.39, 0.29) is 5.75 Å². The van der Waals surface area contributed by atoms with Crippen LogP contribution < -0.4 is 14.8 Å². The smallest absolute Gasteiger partial charge is 0.213 e. The number of nitrogens with one attached hydrogen (secondary N) is 1. The summed E-state index contributed by atoms with van der Waals surface area (Å²) in [5.74, 6) is 1.25. The van der Waals surface area contributed by atoms with Crippen molar-refractivity contribution in [3.05, 3.63) is 47.7 Å². The van der Waals surface area contributed by atoms with E-state index in [0.29, 0.717) is 24.7 Å². The number of hydrogen-bond donors (Lipinski definition) is 2. The number of hydrogen-bond acceptors (Lipinski definition) is 5. The van der Waals surface area contributed by atoms with E-state index in [0.717, 1.165) is 11.1 Å². The Labute approximate surface area is 118 Å². The summed E-state index contributed by atoms with van der Waals surface area (Å²) in [7, 11) is 3.13. The third-order valence-electron chi connectivity index (χ3n) is 2.96. The van der Waals surface area contributed by atoms with Crippen LogP contribution in [0.15, 0.2) is 36.5 Å². The molecular weight excluding hydrogens is 256 g/mol. The van der Waals surface area contributed by atoms with Gasteiger partial charge < -0.3 is 19.9 Å². The quantitative estimate of drug-likeness (QED) is 0.844. The van der Waals surface area contributed by atoms with Crippen molar-refractivity contribution in [2.45, 2.75) is 13.1 Å². The molecule has 0 bridgehead atoms. The summed E-state index contributed by atoms with van der Waals surface area (Å²) in [6, 6.07) is 9.23. The lowest BCUT2D eigenvalue weighted by molar-refractivity contribution is 0.369. The first-order chi connectivity index (χ1) is 9.74. The molecule has 0 aliphatic carbocycles. The van der Waals surface area contributed by atoms with Gasteiger partial charge in [-0.3, -0.25) is 0 Å². The summed E-state index contributed by atoms with van der Waals surface area (Å²) in [6.07, 6.45) is 1.71. The molecule has 106 valence electrons. The van der Waals surface area contributed by atoms with Crippen molar-refractivity contribution >= 4 is 0 Å². The molecule has 0 amide bonds. The Bertz CT molecular complexity index is 573. The average Bonchev–Trinajstić information content (AvgIpc) is 2.49. The maximum Gasteiger partial charge on any atom is 0.213 e. The van der Waals surface area contributed by atoms with Crippen LogP contribution >= 0.6 is 0 Å². The molecule has 0 atom stereocenters. The van der Waals surface area contributed by atoms with Crippen LogP contribution in [0.3, 0.4) is 0 Å². The molecule has 20 heavy (non-hydrogen) atoms. The van der Waals surface area contributed by atoms with Crippen LogP contribution in [0.1, 0.15) is 11.1 Å². The van der Waals surface area contributed by atoms with E-state index >= 15 is 0 Å². The van der Waals surface area contributed by atoms with Crippen molar-refractivity contribution in [1.29, 1.82) is 0 Å². The number of aromatic nitrogens is 1. The molecule has 0 saturated heterocycles. The minimum atomic E-state index is 0.176. The van der Waals surface area contributed by atoms with Crippen molar-refractivity contribution in [3.63, 3.8) is 0 Å². The summed E-state index contributed by atoms with van der Waals surface area (Å²) >= 11 is 0. The van der Waals surface area contributed by atoms with Gasteiger partial charge in [0.05, 0.1) is 14.2 Å². The number of methoxy groups -OCH3 is 2. The number of aromatic hydroxyl groups is 1. The number of nitrogens with zero attached hydrogens (tertiary/aromatic N) is 1. The lowest BCUT2D eigenvalue weighted by Crippen LogP contribution is -2.13. The van der Waals surface area contributed by atoms with Gasteiger partial charge in [-0.1, -0.05) is 12.1 Å². The van der Waals surface area contributed by atoms with E-state index in [1.807, 2.05) is 24.3 Å². The van der Waals surface area contributed by atoms with Gasteiger partial charge in [-0.2, -0.15) is 0 Å². The summed E-state index contributed by atoms with van der Waals surface area (Å²) in [5.41, 5.74) is 1.87. The van der Waals surface area contributed by atoms with Gasteiger partial charge in [0.15, 0.2) is 11.5 Å². The van der Waals surface area contributed by atoms with Gasteiger partial charge in [0.2, 0.25) is 5.88 Å². The number of phenolic OH excluding ortho intramolecular Hbond substituents is 1. The van der Waals surface area contributed by atoms with Gasteiger partial charge >= 0.3 is 0 Å². The molecule has 0 spiro atoms. The number of para-hydroxylation sites is 1. The van der Waals surface area contributed by atoms with Crippen molar-refractivity contribution in [1.82, 2.24) is 10.3 Å². The lowest BCUT2D eigenvalue weighted by atomic mass is 10.2. The van der Waals surface area contributed by atoms with Crippen LogP contribution in [0.4, 0.5) is 0 Å². The predicted octanol–water partition coefficient (Wildman–Crippen LogP) is 2.09. The molecule has 0 aliphatic rings. The third-order valence-corrected chi connectivity index (χ3v) is 2.96. The highest BCUT2D eigenvalue weighted by molar-refractivity contribution is 5.45. The van der Waals surface area contributed by atoms with E-state index in [4.69, 9.17) is 9.47 Å². The van der Waals surface area contributed by atoms with Crippen molar-refractivity contribution in [2.24, 2.45) is 0 Å². The molecule has 1 heterocycles. The Morgan fingerprint density at radius 3 is 2.75 bits per heavy atom. The molecule has 5 heteroatoms. The largest absolute Gasteiger partial charge is 0.504 e. The summed E-state index contributed by atoms with van der Waals surface area (Å²) in [5, 5.41) is 13.2. The zero-order chi connectivity index (χ0) is 14.4. The monoisotopic (exact) mass is 274 g/mol. The first-order valence-corrected chi connectivity index (χ1v) is 6.29. The summed E-state index contributed by atoms with van der Waals surface area (Å²) in [4.78, 5) is 4.05. The van der Waals surface area contributed by atoms with E-state index in [1.165, 1.54) is 7.11 Å². The molecule has 2 aromatic rings. The first-order valence-electron chi connectivity index (χ1n) is 6.29. The minimum Gasteiger partial charge on any atom is -0.504 e. The molecule has 5 nitrogen and oxygen atoms in total. The molecule has 2 rings (SSSR count). The number of benzene rings is 1. The van der Waals surface area contributed by atoms with Gasteiger partial charge in [0.25, 0.3) is 0 Å². The zero-order valence-electron chi connectivity index (χ0n) is 11.6. The molecular formula is C15H18N2O3. The van der Waals surface area contributed by atoms with Crippen LogP contribution in [0.2, 0.25) is 0 Å². The second-order valence-electron chi connectivity index (χ2n) is 4.28. The summed E-state index contributed by atoms with van der Waals surface area (Å²) < 4.78 is 10.2. The van der Waals surface area contributed by atoms with Crippen LogP contribution in [0, 0.1) is 0 Å². The van der Waals surface area contributed by atoms with Crippen molar-refractivity contribution in [3.8, 4) is 17.4 Å². The normalized spacial score (nSPS) is 10.3. The zero-order valence-corrected chi connectivity index (χ0v) is 11.6. The Balaban J connectivity index is 1.96. The number of rotatable bonds is 6. The highest BCUT2D eigenvalue weighted by atomic mass is 16.5. The van der Waals surface area contributed by atoms with E-state index in [1.54, 1.807) is 19.4 Å². The average molecular weight is 274 g/mol. The fourth-order valence-corrected chi connectivity index (χ4v) is 1.89. The molecule has 0 fully saturated rings. The molecule has 0 saturated carbocycles. The van der Waals surface area contributed by atoms with Crippen LogP contribution in [-0.4, -0.2) is 24.3 Å². The van der Waals surface area contributed by atoms with Crippen LogP contribution in [0.5, 0.6) is 17.4 Å². The van der Waals surface area contributed by atoms with Gasteiger partial charge in [-0.25, -0.2) is 4.98 Å². The SMILES string of the molecule is COc1cc(CNCc2cccc(OC)c2O)ccn1. The maximum atomic E-state index is 9.97.